The van der Waals surface area contributed by atoms with E-state index >= 15 is 0 Å². The average molecular weight is 289 g/mol. The summed E-state index contributed by atoms with van der Waals surface area (Å²) in [6, 6.07) is 3.17. The lowest BCUT2D eigenvalue weighted by atomic mass is 10.2. The standard InChI is InChI=1S/C12H14ClFN2O3/c1-2-7(6-17)15-11(18)12(19)16-8-3-4-9(13)10(14)5-8/h3-5,7,17H,2,6H2,1H3,(H,15,18)(H,16,19). The summed E-state index contributed by atoms with van der Waals surface area (Å²) in [7, 11) is 0. The van der Waals surface area contributed by atoms with Crippen molar-refractivity contribution in [1.29, 1.82) is 0 Å². The van der Waals surface area contributed by atoms with Gasteiger partial charge in [-0.1, -0.05) is 18.5 Å². The molecular weight excluding hydrogens is 275 g/mol. The second-order valence-electron chi connectivity index (χ2n) is 3.84. The van der Waals surface area contributed by atoms with E-state index in [0.29, 0.717) is 6.42 Å². The van der Waals surface area contributed by atoms with Gasteiger partial charge in [-0.2, -0.15) is 0 Å². The number of rotatable bonds is 4. The zero-order valence-corrected chi connectivity index (χ0v) is 11.0. The fourth-order valence-electron chi connectivity index (χ4n) is 1.29. The summed E-state index contributed by atoms with van der Waals surface area (Å²) in [4.78, 5) is 23.0. The Bertz CT molecular complexity index is 478. The van der Waals surface area contributed by atoms with Crippen LogP contribution in [0.15, 0.2) is 18.2 Å². The molecular formula is C12H14ClFN2O3. The Morgan fingerprint density at radius 1 is 1.42 bits per heavy atom. The molecule has 3 N–H and O–H groups in total. The van der Waals surface area contributed by atoms with Crippen molar-refractivity contribution in [2.24, 2.45) is 0 Å². The Kier molecular flexibility index (Phi) is 5.72. The molecule has 1 rings (SSSR count). The van der Waals surface area contributed by atoms with Crippen molar-refractivity contribution in [1.82, 2.24) is 5.32 Å². The first-order valence-electron chi connectivity index (χ1n) is 5.65. The molecule has 0 aliphatic carbocycles. The van der Waals surface area contributed by atoms with Crippen molar-refractivity contribution < 1.29 is 19.1 Å². The van der Waals surface area contributed by atoms with Gasteiger partial charge in [-0.05, 0) is 24.6 Å². The van der Waals surface area contributed by atoms with E-state index in [2.05, 4.69) is 10.6 Å². The molecule has 0 saturated heterocycles. The topological polar surface area (TPSA) is 78.4 Å². The van der Waals surface area contributed by atoms with E-state index in [4.69, 9.17) is 16.7 Å². The lowest BCUT2D eigenvalue weighted by Gasteiger charge is -2.13. The molecule has 2 amide bonds. The van der Waals surface area contributed by atoms with Crippen LogP contribution >= 0.6 is 11.6 Å². The van der Waals surface area contributed by atoms with E-state index in [0.717, 1.165) is 6.07 Å². The molecule has 0 aromatic heterocycles. The number of nitrogens with one attached hydrogen (secondary N) is 2. The van der Waals surface area contributed by atoms with E-state index in [1.807, 2.05) is 0 Å². The van der Waals surface area contributed by atoms with Crippen molar-refractivity contribution >= 4 is 29.1 Å². The van der Waals surface area contributed by atoms with Gasteiger partial charge in [-0.3, -0.25) is 9.59 Å². The molecule has 1 aromatic carbocycles. The highest BCUT2D eigenvalue weighted by Gasteiger charge is 2.17. The van der Waals surface area contributed by atoms with Crippen LogP contribution in [0.25, 0.3) is 0 Å². The fraction of sp³-hybridized carbons (Fsp3) is 0.333. The number of hydrogen-bond acceptors (Lipinski definition) is 3. The Morgan fingerprint density at radius 2 is 2.11 bits per heavy atom. The number of carbonyl (C=O) groups is 2. The Hall–Kier alpha value is -1.66. The van der Waals surface area contributed by atoms with Gasteiger partial charge in [-0.15, -0.1) is 0 Å². The molecule has 0 saturated carbocycles. The van der Waals surface area contributed by atoms with Crippen molar-refractivity contribution in [2.45, 2.75) is 19.4 Å². The number of benzene rings is 1. The molecule has 0 bridgehead atoms. The third kappa shape index (κ3) is 4.50. The fourth-order valence-corrected chi connectivity index (χ4v) is 1.41. The highest BCUT2D eigenvalue weighted by molar-refractivity contribution is 6.39. The number of aliphatic hydroxyl groups is 1. The van der Waals surface area contributed by atoms with Gasteiger partial charge in [0.1, 0.15) is 5.82 Å². The minimum absolute atomic E-state index is 0.0752. The number of amides is 2. The third-order valence-electron chi connectivity index (χ3n) is 2.43. The second-order valence-corrected chi connectivity index (χ2v) is 4.25. The summed E-state index contributed by atoms with van der Waals surface area (Å²) in [6.45, 7) is 1.50. The van der Waals surface area contributed by atoms with Crippen molar-refractivity contribution in [3.8, 4) is 0 Å². The van der Waals surface area contributed by atoms with Crippen LogP contribution in [-0.4, -0.2) is 29.6 Å². The predicted molar refractivity (Wildman–Crippen MR) is 69.3 cm³/mol. The quantitative estimate of drug-likeness (QED) is 0.731. The van der Waals surface area contributed by atoms with Gasteiger partial charge < -0.3 is 15.7 Å². The van der Waals surface area contributed by atoms with Crippen molar-refractivity contribution in [2.75, 3.05) is 11.9 Å². The van der Waals surface area contributed by atoms with Gasteiger partial charge in [0.05, 0.1) is 17.7 Å². The van der Waals surface area contributed by atoms with Crippen LogP contribution < -0.4 is 10.6 Å². The maximum atomic E-state index is 13.1. The van der Waals surface area contributed by atoms with Crippen molar-refractivity contribution in [3.63, 3.8) is 0 Å². The van der Waals surface area contributed by atoms with Crippen LogP contribution in [-0.2, 0) is 9.59 Å². The Morgan fingerprint density at radius 3 is 2.63 bits per heavy atom. The molecule has 0 heterocycles. The van der Waals surface area contributed by atoms with Gasteiger partial charge >= 0.3 is 11.8 Å². The van der Waals surface area contributed by atoms with Crippen LogP contribution in [0.5, 0.6) is 0 Å². The number of anilines is 1. The summed E-state index contributed by atoms with van der Waals surface area (Å²) < 4.78 is 13.1. The molecule has 19 heavy (non-hydrogen) atoms. The highest BCUT2D eigenvalue weighted by Crippen LogP contribution is 2.18. The Labute approximate surface area is 114 Å². The molecule has 0 aliphatic heterocycles. The largest absolute Gasteiger partial charge is 0.394 e. The SMILES string of the molecule is CCC(CO)NC(=O)C(=O)Nc1ccc(Cl)c(F)c1. The van der Waals surface area contributed by atoms with E-state index < -0.39 is 23.7 Å². The van der Waals surface area contributed by atoms with E-state index in [1.165, 1.54) is 12.1 Å². The van der Waals surface area contributed by atoms with Crippen molar-refractivity contribution in [3.05, 3.63) is 29.0 Å². The predicted octanol–water partition coefficient (Wildman–Crippen LogP) is 1.30. The first-order valence-corrected chi connectivity index (χ1v) is 6.03. The molecule has 0 spiro atoms. The van der Waals surface area contributed by atoms with Gasteiger partial charge in [-0.25, -0.2) is 4.39 Å². The van der Waals surface area contributed by atoms with Gasteiger partial charge in [0.15, 0.2) is 0 Å². The first-order chi connectivity index (χ1) is 8.97. The lowest BCUT2D eigenvalue weighted by molar-refractivity contribution is -0.136. The van der Waals surface area contributed by atoms with Crippen LogP contribution in [0.3, 0.4) is 0 Å². The molecule has 1 aromatic rings. The molecule has 1 unspecified atom stereocenters. The lowest BCUT2D eigenvalue weighted by Crippen LogP contribution is -2.43. The Balaban J connectivity index is 2.63. The average Bonchev–Trinajstić information content (AvgIpc) is 2.39. The number of aliphatic hydroxyl groups excluding tert-OH is 1. The number of halogens is 2. The summed E-state index contributed by atoms with van der Waals surface area (Å²) in [5.41, 5.74) is 0.124. The third-order valence-corrected chi connectivity index (χ3v) is 2.74. The van der Waals surface area contributed by atoms with E-state index in [9.17, 15) is 14.0 Å². The summed E-state index contributed by atoms with van der Waals surface area (Å²) in [5.74, 6) is -2.52. The van der Waals surface area contributed by atoms with E-state index in [-0.39, 0.29) is 17.3 Å². The zero-order chi connectivity index (χ0) is 14.4. The molecule has 7 heteroatoms. The highest BCUT2D eigenvalue weighted by atomic mass is 35.5. The zero-order valence-electron chi connectivity index (χ0n) is 10.2. The first kappa shape index (κ1) is 15.4. The molecule has 5 nitrogen and oxygen atoms in total. The minimum atomic E-state index is -0.936. The van der Waals surface area contributed by atoms with Crippen LogP contribution in [0.4, 0.5) is 10.1 Å². The number of carbonyl (C=O) groups excluding carboxylic acids is 2. The van der Waals surface area contributed by atoms with Gasteiger partial charge in [0.2, 0.25) is 0 Å². The summed E-state index contributed by atoms with van der Waals surface area (Å²) in [6.07, 6.45) is 0.491. The molecule has 0 radical (unpaired) electrons. The summed E-state index contributed by atoms with van der Waals surface area (Å²) >= 11 is 5.49. The molecule has 104 valence electrons. The maximum Gasteiger partial charge on any atom is 0.313 e. The van der Waals surface area contributed by atoms with Gasteiger partial charge in [0.25, 0.3) is 0 Å². The molecule has 0 aliphatic rings. The molecule has 0 fully saturated rings. The smallest absolute Gasteiger partial charge is 0.313 e. The van der Waals surface area contributed by atoms with Gasteiger partial charge in [0, 0.05) is 5.69 Å². The van der Waals surface area contributed by atoms with Crippen LogP contribution in [0, 0.1) is 5.82 Å². The second kappa shape index (κ2) is 7.06. The maximum absolute atomic E-state index is 13.1. The monoisotopic (exact) mass is 288 g/mol. The van der Waals surface area contributed by atoms with E-state index in [1.54, 1.807) is 6.92 Å². The normalized spacial score (nSPS) is 11.8. The number of hydrogen-bond donors (Lipinski definition) is 3. The minimum Gasteiger partial charge on any atom is -0.394 e. The van der Waals surface area contributed by atoms with Crippen LogP contribution in [0.1, 0.15) is 13.3 Å². The van der Waals surface area contributed by atoms with Crippen LogP contribution in [0.2, 0.25) is 5.02 Å². The summed E-state index contributed by atoms with van der Waals surface area (Å²) in [5, 5.41) is 13.4. The molecule has 1 atom stereocenters.